The van der Waals surface area contributed by atoms with E-state index in [2.05, 4.69) is 56.0 Å². The fraction of sp³-hybridized carbons (Fsp3) is 0.593. The Bertz CT molecular complexity index is 503. The van der Waals surface area contributed by atoms with E-state index in [1.54, 1.807) is 6.08 Å². The highest BCUT2D eigenvalue weighted by Crippen LogP contribution is 2.25. The maximum Gasteiger partial charge on any atom is 0.305 e. The number of benzene rings is 1. The molecule has 0 saturated heterocycles. The summed E-state index contributed by atoms with van der Waals surface area (Å²) in [5.74, 6) is 0.848. The van der Waals surface area contributed by atoms with Gasteiger partial charge in [0.05, 0.1) is 6.61 Å². The van der Waals surface area contributed by atoms with Crippen LogP contribution in [-0.4, -0.2) is 12.6 Å². The second kappa shape index (κ2) is 20.9. The number of carbonyl (C=O) groups is 1. The number of hydrogen-bond acceptors (Lipinski definition) is 2. The van der Waals surface area contributed by atoms with Crippen molar-refractivity contribution in [1.82, 2.24) is 0 Å². The molecule has 1 aromatic rings. The molecule has 0 spiro atoms. The standard InChI is InChI=1S/C16H22.C8H16O2.C3H6/c1-3-9-15(10-4-1)11-5-2-6-12-16-13-7-8-14-16;1-3-5-6-8(9)10-7-4-2;1-3-2/h1,3-4,6,9-10,12,16H,2,5,7-8,11,13-14H2;3-7H2,1-2H3;3H,1H2,2H3/b12-6+;;. The first-order valence-corrected chi connectivity index (χ1v) is 11.6. The summed E-state index contributed by atoms with van der Waals surface area (Å²) in [5.41, 5.74) is 1.47. The van der Waals surface area contributed by atoms with Crippen LogP contribution in [0.15, 0.2) is 55.1 Å². The van der Waals surface area contributed by atoms with Crippen molar-refractivity contribution in [3.8, 4) is 0 Å². The maximum absolute atomic E-state index is 10.7. The summed E-state index contributed by atoms with van der Waals surface area (Å²) in [6.45, 7) is 9.88. The van der Waals surface area contributed by atoms with Crippen LogP contribution in [0.4, 0.5) is 0 Å². The predicted octanol–water partition coefficient (Wildman–Crippen LogP) is 8.08. The number of aryl methyl sites for hydroxylation is 1. The summed E-state index contributed by atoms with van der Waals surface area (Å²) >= 11 is 0. The normalized spacial score (nSPS) is 13.2. The highest BCUT2D eigenvalue weighted by atomic mass is 16.5. The lowest BCUT2D eigenvalue weighted by Gasteiger charge is -2.01. The second-order valence-corrected chi connectivity index (χ2v) is 7.58. The number of unbranched alkanes of at least 4 members (excludes halogenated alkanes) is 2. The third-order valence-corrected chi connectivity index (χ3v) is 4.69. The molecule has 1 aliphatic rings. The van der Waals surface area contributed by atoms with Gasteiger partial charge in [0.1, 0.15) is 0 Å². The molecule has 164 valence electrons. The minimum atomic E-state index is -0.0521. The first kappa shape index (κ1) is 27.2. The van der Waals surface area contributed by atoms with Crippen LogP contribution in [0.25, 0.3) is 0 Å². The van der Waals surface area contributed by atoms with E-state index in [0.717, 1.165) is 25.2 Å². The van der Waals surface area contributed by atoms with E-state index in [0.29, 0.717) is 13.0 Å². The van der Waals surface area contributed by atoms with Gasteiger partial charge in [0, 0.05) is 6.42 Å². The van der Waals surface area contributed by atoms with Crippen molar-refractivity contribution in [2.75, 3.05) is 6.61 Å². The van der Waals surface area contributed by atoms with Crippen molar-refractivity contribution in [2.24, 2.45) is 5.92 Å². The van der Waals surface area contributed by atoms with E-state index in [9.17, 15) is 4.79 Å². The predicted molar refractivity (Wildman–Crippen MR) is 127 cm³/mol. The number of esters is 1. The van der Waals surface area contributed by atoms with Crippen molar-refractivity contribution in [2.45, 2.75) is 91.4 Å². The Balaban J connectivity index is 0.000000520. The van der Waals surface area contributed by atoms with Crippen LogP contribution in [0.2, 0.25) is 0 Å². The monoisotopic (exact) mass is 400 g/mol. The van der Waals surface area contributed by atoms with Crippen molar-refractivity contribution in [3.63, 3.8) is 0 Å². The quantitative estimate of drug-likeness (QED) is 0.225. The molecule has 1 aliphatic carbocycles. The van der Waals surface area contributed by atoms with Crippen molar-refractivity contribution < 1.29 is 9.53 Å². The SMILES string of the molecule is C(=C\C1CCCC1)/CCCc1ccccc1.C=CC.CCCCC(=O)OCCC. The number of hydrogen-bond donors (Lipinski definition) is 0. The summed E-state index contributed by atoms with van der Waals surface area (Å²) in [6.07, 6.45) is 19.6. The molecular weight excluding hydrogens is 356 g/mol. The highest BCUT2D eigenvalue weighted by Gasteiger charge is 2.10. The molecule has 0 radical (unpaired) electrons. The fourth-order valence-electron chi connectivity index (χ4n) is 3.12. The topological polar surface area (TPSA) is 26.3 Å². The van der Waals surface area contributed by atoms with E-state index in [-0.39, 0.29) is 5.97 Å². The summed E-state index contributed by atoms with van der Waals surface area (Å²) in [5, 5.41) is 0. The first-order chi connectivity index (χ1) is 14.2. The molecule has 0 N–H and O–H groups in total. The van der Waals surface area contributed by atoms with Crippen LogP contribution >= 0.6 is 0 Å². The van der Waals surface area contributed by atoms with Gasteiger partial charge in [-0.25, -0.2) is 0 Å². The maximum atomic E-state index is 10.7. The van der Waals surface area contributed by atoms with E-state index in [4.69, 9.17) is 4.74 Å². The van der Waals surface area contributed by atoms with E-state index in [1.165, 1.54) is 50.5 Å². The van der Waals surface area contributed by atoms with Crippen LogP contribution in [0.5, 0.6) is 0 Å². The molecular formula is C27H44O2. The van der Waals surface area contributed by atoms with Gasteiger partial charge in [-0.1, -0.05) is 81.7 Å². The zero-order valence-electron chi connectivity index (χ0n) is 19.2. The Labute approximate surface area is 180 Å². The number of carbonyl (C=O) groups excluding carboxylic acids is 1. The molecule has 1 fully saturated rings. The van der Waals surface area contributed by atoms with Gasteiger partial charge in [-0.2, -0.15) is 0 Å². The summed E-state index contributed by atoms with van der Waals surface area (Å²) in [7, 11) is 0. The Morgan fingerprint density at radius 1 is 1.10 bits per heavy atom. The minimum Gasteiger partial charge on any atom is -0.466 e. The molecule has 2 nitrogen and oxygen atoms in total. The lowest BCUT2D eigenvalue weighted by Crippen LogP contribution is -2.04. The van der Waals surface area contributed by atoms with Gasteiger partial charge >= 0.3 is 5.97 Å². The summed E-state index contributed by atoms with van der Waals surface area (Å²) in [6, 6.07) is 10.8. The third-order valence-electron chi connectivity index (χ3n) is 4.69. The molecule has 0 unspecified atom stereocenters. The van der Waals surface area contributed by atoms with Crippen molar-refractivity contribution >= 4 is 5.97 Å². The van der Waals surface area contributed by atoms with E-state index < -0.39 is 0 Å². The van der Waals surface area contributed by atoms with Crippen LogP contribution in [0.3, 0.4) is 0 Å². The Morgan fingerprint density at radius 3 is 2.34 bits per heavy atom. The van der Waals surface area contributed by atoms with Crippen LogP contribution in [0, 0.1) is 5.92 Å². The molecule has 1 saturated carbocycles. The smallest absolute Gasteiger partial charge is 0.305 e. The van der Waals surface area contributed by atoms with Crippen LogP contribution < -0.4 is 0 Å². The van der Waals surface area contributed by atoms with E-state index >= 15 is 0 Å². The Morgan fingerprint density at radius 2 is 1.76 bits per heavy atom. The minimum absolute atomic E-state index is 0.0521. The van der Waals surface area contributed by atoms with Gasteiger partial charge in [-0.15, -0.1) is 6.58 Å². The average molecular weight is 401 g/mol. The van der Waals surface area contributed by atoms with Gasteiger partial charge in [0.2, 0.25) is 0 Å². The Kier molecular flexibility index (Phi) is 19.6. The second-order valence-electron chi connectivity index (χ2n) is 7.58. The molecule has 0 bridgehead atoms. The molecule has 0 aliphatic heterocycles. The molecule has 1 aromatic carbocycles. The number of allylic oxidation sites excluding steroid dienone is 3. The van der Waals surface area contributed by atoms with Gasteiger partial charge in [0.25, 0.3) is 0 Å². The van der Waals surface area contributed by atoms with Gasteiger partial charge in [0.15, 0.2) is 0 Å². The van der Waals surface area contributed by atoms with Gasteiger partial charge in [-0.05, 0) is 63.4 Å². The third kappa shape index (κ3) is 18.0. The molecule has 0 aromatic heterocycles. The molecule has 2 heteroatoms. The molecule has 2 rings (SSSR count). The lowest BCUT2D eigenvalue weighted by atomic mass is 10.1. The van der Waals surface area contributed by atoms with Gasteiger partial charge in [-0.3, -0.25) is 4.79 Å². The van der Waals surface area contributed by atoms with Gasteiger partial charge < -0.3 is 4.74 Å². The zero-order chi connectivity index (χ0) is 21.6. The summed E-state index contributed by atoms with van der Waals surface area (Å²) < 4.78 is 4.85. The first-order valence-electron chi connectivity index (χ1n) is 11.6. The molecule has 0 heterocycles. The fourth-order valence-corrected chi connectivity index (χ4v) is 3.12. The van der Waals surface area contributed by atoms with E-state index in [1.807, 2.05) is 13.8 Å². The molecule has 29 heavy (non-hydrogen) atoms. The molecule has 0 atom stereocenters. The number of rotatable bonds is 10. The van der Waals surface area contributed by atoms with Crippen molar-refractivity contribution in [3.05, 3.63) is 60.7 Å². The highest BCUT2D eigenvalue weighted by molar-refractivity contribution is 5.69. The van der Waals surface area contributed by atoms with Crippen molar-refractivity contribution in [1.29, 1.82) is 0 Å². The zero-order valence-corrected chi connectivity index (χ0v) is 19.2. The lowest BCUT2D eigenvalue weighted by molar-refractivity contribution is -0.143. The average Bonchev–Trinajstić information content (AvgIpc) is 3.26. The summed E-state index contributed by atoms with van der Waals surface area (Å²) in [4.78, 5) is 10.7. The van der Waals surface area contributed by atoms with Crippen LogP contribution in [-0.2, 0) is 16.0 Å². The molecule has 0 amide bonds. The Hall–Kier alpha value is -1.83. The largest absolute Gasteiger partial charge is 0.466 e. The van der Waals surface area contributed by atoms with Crippen LogP contribution in [0.1, 0.15) is 90.5 Å². The number of ether oxygens (including phenoxy) is 1.